The van der Waals surface area contributed by atoms with Gasteiger partial charge in [0.05, 0.1) is 17.6 Å². The predicted molar refractivity (Wildman–Crippen MR) is 109 cm³/mol. The molecule has 2 aromatic rings. The van der Waals surface area contributed by atoms with Gasteiger partial charge in [-0.15, -0.1) is 11.3 Å². The van der Waals surface area contributed by atoms with E-state index in [2.05, 4.69) is 30.0 Å². The van der Waals surface area contributed by atoms with Gasteiger partial charge in [0.1, 0.15) is 18.0 Å². The summed E-state index contributed by atoms with van der Waals surface area (Å²) < 4.78 is 12.7. The Morgan fingerprint density at radius 1 is 1.37 bits per heavy atom. The second-order valence-corrected chi connectivity index (χ2v) is 9.17. The van der Waals surface area contributed by atoms with Gasteiger partial charge < -0.3 is 14.6 Å². The van der Waals surface area contributed by atoms with Crippen LogP contribution in [0, 0.1) is 0 Å². The van der Waals surface area contributed by atoms with Crippen molar-refractivity contribution in [2.45, 2.75) is 44.4 Å². The zero-order chi connectivity index (χ0) is 18.9. The molecule has 1 saturated heterocycles. The molecule has 0 saturated carbocycles. The monoisotopic (exact) mass is 407 g/mol. The van der Waals surface area contributed by atoms with Crippen LogP contribution in [0.5, 0.6) is 5.75 Å². The molecule has 4 rings (SSSR count). The van der Waals surface area contributed by atoms with Gasteiger partial charge in [-0.1, -0.05) is 23.7 Å². The topological polar surface area (TPSA) is 41.9 Å². The number of hydrogen-bond acceptors (Lipinski definition) is 5. The molecule has 146 valence electrons. The first-order chi connectivity index (χ1) is 13.1. The summed E-state index contributed by atoms with van der Waals surface area (Å²) in [5, 5.41) is 8.85. The summed E-state index contributed by atoms with van der Waals surface area (Å²) in [7, 11) is 0. The lowest BCUT2D eigenvalue weighted by Crippen LogP contribution is -2.49. The van der Waals surface area contributed by atoms with Crippen LogP contribution in [0.15, 0.2) is 30.3 Å². The molecule has 2 atom stereocenters. The Labute approximate surface area is 169 Å². The lowest BCUT2D eigenvalue weighted by atomic mass is 9.82. The highest BCUT2D eigenvalue weighted by atomic mass is 35.5. The van der Waals surface area contributed by atoms with Crippen LogP contribution in [0.2, 0.25) is 4.34 Å². The molecule has 1 aromatic heterocycles. The van der Waals surface area contributed by atoms with Crippen molar-refractivity contribution in [3.05, 3.63) is 50.7 Å². The number of aliphatic hydroxyl groups is 1. The zero-order valence-corrected chi connectivity index (χ0v) is 17.2. The zero-order valence-electron chi connectivity index (χ0n) is 15.6. The van der Waals surface area contributed by atoms with E-state index in [1.165, 1.54) is 16.0 Å². The van der Waals surface area contributed by atoms with E-state index in [4.69, 9.17) is 26.2 Å². The predicted octanol–water partition coefficient (Wildman–Crippen LogP) is 4.23. The summed E-state index contributed by atoms with van der Waals surface area (Å²) in [6.07, 6.45) is 3.00. The highest BCUT2D eigenvalue weighted by Gasteiger charge is 2.44. The van der Waals surface area contributed by atoms with E-state index >= 15 is 0 Å². The van der Waals surface area contributed by atoms with E-state index in [9.17, 15) is 0 Å². The Hall–Kier alpha value is -1.11. The number of likely N-dealkylation sites (tertiary alicyclic amines) is 1. The molecule has 0 aliphatic carbocycles. The third kappa shape index (κ3) is 4.03. The van der Waals surface area contributed by atoms with Crippen LogP contribution in [0.3, 0.4) is 0 Å². The third-order valence-corrected chi connectivity index (χ3v) is 7.15. The highest BCUT2D eigenvalue weighted by Crippen LogP contribution is 2.48. The van der Waals surface area contributed by atoms with Gasteiger partial charge in [0.2, 0.25) is 0 Å². The molecular formula is C21H26ClNO3S. The number of nitrogens with zero attached hydrogens (tertiary/aromatic N) is 1. The average Bonchev–Trinajstić information content (AvgIpc) is 3.06. The normalized spacial score (nSPS) is 25.5. The fourth-order valence-electron chi connectivity index (χ4n) is 4.30. The molecule has 1 N–H and O–H groups in total. The molecule has 2 aliphatic heterocycles. The summed E-state index contributed by atoms with van der Waals surface area (Å²) in [5.41, 5.74) is 2.51. The van der Waals surface area contributed by atoms with Crippen molar-refractivity contribution >= 4 is 22.9 Å². The summed E-state index contributed by atoms with van der Waals surface area (Å²) in [6.45, 7) is 5.40. The lowest BCUT2D eigenvalue weighted by Gasteiger charge is -2.47. The maximum atomic E-state index is 8.85. The van der Waals surface area contributed by atoms with Crippen LogP contribution in [0.25, 0.3) is 0 Å². The molecule has 0 bridgehead atoms. The molecule has 2 aliphatic rings. The van der Waals surface area contributed by atoms with Crippen molar-refractivity contribution in [1.29, 1.82) is 0 Å². The molecule has 6 heteroatoms. The van der Waals surface area contributed by atoms with Crippen molar-refractivity contribution in [3.8, 4) is 5.75 Å². The minimum absolute atomic E-state index is 0.0357. The molecule has 1 fully saturated rings. The second kappa shape index (κ2) is 8.10. The van der Waals surface area contributed by atoms with Crippen LogP contribution < -0.4 is 4.74 Å². The first-order valence-corrected chi connectivity index (χ1v) is 10.8. The van der Waals surface area contributed by atoms with Gasteiger partial charge in [-0.05, 0) is 55.5 Å². The minimum Gasteiger partial charge on any atom is -0.491 e. The first-order valence-electron chi connectivity index (χ1n) is 9.59. The van der Waals surface area contributed by atoms with E-state index in [0.29, 0.717) is 12.6 Å². The maximum Gasteiger partial charge on any atom is 0.119 e. The number of piperidine rings is 1. The number of rotatable bonds is 5. The highest BCUT2D eigenvalue weighted by molar-refractivity contribution is 7.16. The van der Waals surface area contributed by atoms with Gasteiger partial charge in [0, 0.05) is 24.0 Å². The summed E-state index contributed by atoms with van der Waals surface area (Å²) in [5.74, 6) is 0.802. The molecule has 1 unspecified atom stereocenters. The molecule has 1 aromatic carbocycles. The maximum absolute atomic E-state index is 8.85. The number of halogens is 1. The van der Waals surface area contributed by atoms with Crippen LogP contribution in [-0.4, -0.2) is 42.4 Å². The largest absolute Gasteiger partial charge is 0.491 e. The van der Waals surface area contributed by atoms with E-state index < -0.39 is 0 Å². The molecule has 3 heterocycles. The van der Waals surface area contributed by atoms with Gasteiger partial charge in [-0.3, -0.25) is 4.90 Å². The summed E-state index contributed by atoms with van der Waals surface area (Å²) >= 11 is 8.00. The van der Waals surface area contributed by atoms with Gasteiger partial charge in [-0.2, -0.15) is 0 Å². The number of ether oxygens (including phenoxy) is 2. The molecule has 0 amide bonds. The van der Waals surface area contributed by atoms with Crippen molar-refractivity contribution in [2.24, 2.45) is 0 Å². The standard InChI is InChI=1S/C21H26ClNO3S/c1-15-13-21(20-17(6-10-26-21)12-19(22)27-20)7-8-23(15)14-16-2-4-18(5-3-16)25-11-9-24/h2-5,12,15,24H,6-11,13-14H2,1H3/t15-,21?/m0/s1. The molecule has 27 heavy (non-hydrogen) atoms. The quantitative estimate of drug-likeness (QED) is 0.805. The van der Waals surface area contributed by atoms with Crippen LogP contribution in [0.1, 0.15) is 35.8 Å². The Morgan fingerprint density at radius 3 is 2.93 bits per heavy atom. The third-order valence-electron chi connectivity index (χ3n) is 5.66. The van der Waals surface area contributed by atoms with Crippen molar-refractivity contribution in [1.82, 2.24) is 4.90 Å². The Morgan fingerprint density at radius 2 is 2.19 bits per heavy atom. The fourth-order valence-corrected chi connectivity index (χ4v) is 5.78. The molecule has 1 spiro atoms. The fraction of sp³-hybridized carbons (Fsp3) is 0.524. The smallest absolute Gasteiger partial charge is 0.119 e. The van der Waals surface area contributed by atoms with Crippen LogP contribution >= 0.6 is 22.9 Å². The number of fused-ring (bicyclic) bond motifs is 2. The number of benzene rings is 1. The Kier molecular flexibility index (Phi) is 5.76. The molecule has 4 nitrogen and oxygen atoms in total. The van der Waals surface area contributed by atoms with E-state index in [-0.39, 0.29) is 12.2 Å². The van der Waals surface area contributed by atoms with Crippen molar-refractivity contribution < 1.29 is 14.6 Å². The van der Waals surface area contributed by atoms with Crippen LogP contribution in [0.4, 0.5) is 0 Å². The van der Waals surface area contributed by atoms with E-state index in [0.717, 1.165) is 49.0 Å². The number of hydrogen-bond donors (Lipinski definition) is 1. The molecular weight excluding hydrogens is 382 g/mol. The number of aliphatic hydroxyl groups excluding tert-OH is 1. The van der Waals surface area contributed by atoms with Crippen LogP contribution in [-0.2, 0) is 23.3 Å². The van der Waals surface area contributed by atoms with Gasteiger partial charge in [-0.25, -0.2) is 0 Å². The lowest BCUT2D eigenvalue weighted by molar-refractivity contribution is -0.110. The van der Waals surface area contributed by atoms with Gasteiger partial charge >= 0.3 is 0 Å². The SMILES string of the molecule is C[C@H]1CC2(CCN1Cc1ccc(OCCO)cc1)OCCc1cc(Cl)sc12. The Balaban J connectivity index is 1.42. The number of thiophene rings is 1. The first kappa shape index (κ1) is 19.2. The second-order valence-electron chi connectivity index (χ2n) is 7.49. The van der Waals surface area contributed by atoms with E-state index in [1.807, 2.05) is 12.1 Å². The van der Waals surface area contributed by atoms with E-state index in [1.54, 1.807) is 11.3 Å². The average molecular weight is 408 g/mol. The Bertz CT molecular complexity index is 778. The van der Waals surface area contributed by atoms with Gasteiger partial charge in [0.25, 0.3) is 0 Å². The van der Waals surface area contributed by atoms with Crippen molar-refractivity contribution in [3.63, 3.8) is 0 Å². The van der Waals surface area contributed by atoms with Crippen molar-refractivity contribution in [2.75, 3.05) is 26.4 Å². The summed E-state index contributed by atoms with van der Waals surface area (Å²) in [4.78, 5) is 3.89. The van der Waals surface area contributed by atoms with Gasteiger partial charge in [0.15, 0.2) is 0 Å². The molecule has 0 radical (unpaired) electrons. The minimum atomic E-state index is -0.150. The summed E-state index contributed by atoms with van der Waals surface area (Å²) in [6, 6.07) is 10.7.